The number of amides is 1. The van der Waals surface area contributed by atoms with Crippen LogP contribution < -0.4 is 0 Å². The summed E-state index contributed by atoms with van der Waals surface area (Å²) in [6.07, 6.45) is 3.83. The predicted molar refractivity (Wildman–Crippen MR) is 101 cm³/mol. The van der Waals surface area contributed by atoms with Gasteiger partial charge in [-0.15, -0.1) is 0 Å². The third-order valence-electron chi connectivity index (χ3n) is 6.76. The number of rotatable bonds is 5. The maximum Gasteiger partial charge on any atom is 0.252 e. The van der Waals surface area contributed by atoms with Crippen molar-refractivity contribution in [2.24, 2.45) is 16.7 Å². The molecule has 4 rings (SSSR count). The molecule has 2 aromatic heterocycles. The van der Waals surface area contributed by atoms with Crippen molar-refractivity contribution in [3.63, 3.8) is 0 Å². The van der Waals surface area contributed by atoms with Gasteiger partial charge < -0.3 is 9.64 Å². The van der Waals surface area contributed by atoms with E-state index in [4.69, 9.17) is 4.74 Å². The highest BCUT2D eigenvalue weighted by Crippen LogP contribution is 2.62. The van der Waals surface area contributed by atoms with Crippen LogP contribution in [0.1, 0.15) is 43.6 Å². The van der Waals surface area contributed by atoms with Gasteiger partial charge in [0.05, 0.1) is 6.61 Å². The summed E-state index contributed by atoms with van der Waals surface area (Å²) in [6.45, 7) is 11.0. The lowest BCUT2D eigenvalue weighted by atomic mass is 9.48. The number of fused-ring (bicyclic) bond motifs is 2. The number of carbonyl (C=O) groups excluding carboxylic acids is 1. The molecule has 27 heavy (non-hydrogen) atoms. The molecule has 2 aliphatic rings. The fourth-order valence-electron chi connectivity index (χ4n) is 5.71. The van der Waals surface area contributed by atoms with Crippen molar-refractivity contribution in [2.45, 2.75) is 47.0 Å². The van der Waals surface area contributed by atoms with Crippen LogP contribution in [-0.2, 0) is 16.0 Å². The monoisotopic (exact) mass is 371 g/mol. The van der Waals surface area contributed by atoms with E-state index in [9.17, 15) is 4.79 Å². The SMILES string of the molecule is COC[C@@]12CN(C(=O)CCc3c(C)nc4ncnn4c3C)C[C@@H]1C(C)(C)C2. The Balaban J connectivity index is 1.46. The van der Waals surface area contributed by atoms with Gasteiger partial charge in [-0.1, -0.05) is 13.8 Å². The number of nitrogens with zero attached hydrogens (tertiary/aromatic N) is 5. The van der Waals surface area contributed by atoms with Crippen LogP contribution in [0.4, 0.5) is 0 Å². The van der Waals surface area contributed by atoms with E-state index < -0.39 is 0 Å². The van der Waals surface area contributed by atoms with Crippen molar-refractivity contribution >= 4 is 11.7 Å². The summed E-state index contributed by atoms with van der Waals surface area (Å²) in [7, 11) is 1.76. The average Bonchev–Trinajstić information content (AvgIpc) is 3.17. The first kappa shape index (κ1) is 18.3. The topological polar surface area (TPSA) is 72.6 Å². The number of hydrogen-bond donors (Lipinski definition) is 0. The van der Waals surface area contributed by atoms with Gasteiger partial charge in [-0.05, 0) is 43.6 Å². The Kier molecular flexibility index (Phi) is 4.25. The van der Waals surface area contributed by atoms with Crippen LogP contribution >= 0.6 is 0 Å². The van der Waals surface area contributed by atoms with Crippen molar-refractivity contribution in [1.29, 1.82) is 0 Å². The molecule has 0 spiro atoms. The van der Waals surface area contributed by atoms with Crippen LogP contribution in [-0.4, -0.2) is 57.2 Å². The molecule has 0 bridgehead atoms. The van der Waals surface area contributed by atoms with Gasteiger partial charge in [0, 0.05) is 43.4 Å². The highest BCUT2D eigenvalue weighted by atomic mass is 16.5. The average molecular weight is 371 g/mol. The zero-order valence-corrected chi connectivity index (χ0v) is 16.9. The lowest BCUT2D eigenvalue weighted by Crippen LogP contribution is -2.55. The van der Waals surface area contributed by atoms with Gasteiger partial charge in [0.1, 0.15) is 6.33 Å². The first-order valence-corrected chi connectivity index (χ1v) is 9.70. The van der Waals surface area contributed by atoms with Crippen LogP contribution in [0.25, 0.3) is 5.78 Å². The summed E-state index contributed by atoms with van der Waals surface area (Å²) in [5, 5.41) is 4.23. The number of ether oxygens (including phenoxy) is 1. The molecule has 7 heteroatoms. The Bertz CT molecular complexity index is 890. The summed E-state index contributed by atoms with van der Waals surface area (Å²) in [6, 6.07) is 0. The fraction of sp³-hybridized carbons (Fsp3) is 0.700. The molecule has 2 aromatic rings. The van der Waals surface area contributed by atoms with E-state index in [1.807, 2.05) is 13.8 Å². The highest BCUT2D eigenvalue weighted by Gasteiger charge is 2.63. The normalized spacial score (nSPS) is 26.3. The van der Waals surface area contributed by atoms with Gasteiger partial charge in [-0.3, -0.25) is 4.79 Å². The van der Waals surface area contributed by atoms with E-state index in [0.717, 1.165) is 43.1 Å². The quantitative estimate of drug-likeness (QED) is 0.806. The molecule has 0 aromatic carbocycles. The largest absolute Gasteiger partial charge is 0.384 e. The summed E-state index contributed by atoms with van der Waals surface area (Å²) in [4.78, 5) is 23.7. The molecule has 7 nitrogen and oxygen atoms in total. The molecule has 0 N–H and O–H groups in total. The second-order valence-electron chi connectivity index (χ2n) is 9.02. The minimum absolute atomic E-state index is 0.154. The van der Waals surface area contributed by atoms with E-state index in [0.29, 0.717) is 30.0 Å². The minimum atomic E-state index is 0.154. The fourth-order valence-corrected chi connectivity index (χ4v) is 5.71. The van der Waals surface area contributed by atoms with Gasteiger partial charge in [-0.2, -0.15) is 10.1 Å². The molecular weight excluding hydrogens is 342 g/mol. The third-order valence-corrected chi connectivity index (χ3v) is 6.76. The Morgan fingerprint density at radius 3 is 2.85 bits per heavy atom. The Morgan fingerprint density at radius 2 is 2.15 bits per heavy atom. The van der Waals surface area contributed by atoms with Gasteiger partial charge in [0.2, 0.25) is 5.91 Å². The second-order valence-corrected chi connectivity index (χ2v) is 9.02. The van der Waals surface area contributed by atoms with Crippen molar-refractivity contribution in [3.05, 3.63) is 23.3 Å². The first-order chi connectivity index (χ1) is 12.8. The van der Waals surface area contributed by atoms with Crippen molar-refractivity contribution < 1.29 is 9.53 Å². The third kappa shape index (κ3) is 2.83. The second kappa shape index (κ2) is 6.26. The molecule has 0 unspecified atom stereocenters. The molecule has 1 saturated heterocycles. The number of methoxy groups -OCH3 is 1. The van der Waals surface area contributed by atoms with Crippen molar-refractivity contribution in [3.8, 4) is 0 Å². The van der Waals surface area contributed by atoms with Gasteiger partial charge in [0.15, 0.2) is 0 Å². The number of aryl methyl sites for hydroxylation is 2. The Hall–Kier alpha value is -2.02. The molecule has 2 fully saturated rings. The predicted octanol–water partition coefficient (Wildman–Crippen LogP) is 2.19. The zero-order chi connectivity index (χ0) is 19.4. The molecule has 2 atom stereocenters. The zero-order valence-electron chi connectivity index (χ0n) is 16.9. The van der Waals surface area contributed by atoms with Gasteiger partial charge in [-0.25, -0.2) is 9.50 Å². The Labute approximate surface area is 160 Å². The van der Waals surface area contributed by atoms with Crippen LogP contribution in [0, 0.1) is 30.6 Å². The summed E-state index contributed by atoms with van der Waals surface area (Å²) < 4.78 is 7.25. The first-order valence-electron chi connectivity index (χ1n) is 9.70. The lowest BCUT2D eigenvalue weighted by molar-refractivity contribution is -0.130. The van der Waals surface area contributed by atoms with E-state index in [1.54, 1.807) is 11.6 Å². The number of aromatic nitrogens is 4. The van der Waals surface area contributed by atoms with Crippen molar-refractivity contribution in [2.75, 3.05) is 26.8 Å². The molecule has 3 heterocycles. The van der Waals surface area contributed by atoms with Crippen LogP contribution in [0.15, 0.2) is 6.33 Å². The summed E-state index contributed by atoms with van der Waals surface area (Å²) in [5.74, 6) is 1.37. The number of likely N-dealkylation sites (tertiary alicyclic amines) is 1. The molecule has 146 valence electrons. The Morgan fingerprint density at radius 1 is 1.37 bits per heavy atom. The van der Waals surface area contributed by atoms with E-state index in [2.05, 4.69) is 33.8 Å². The van der Waals surface area contributed by atoms with Crippen LogP contribution in [0.5, 0.6) is 0 Å². The highest BCUT2D eigenvalue weighted by molar-refractivity contribution is 5.77. The van der Waals surface area contributed by atoms with Crippen LogP contribution in [0.2, 0.25) is 0 Å². The van der Waals surface area contributed by atoms with E-state index in [1.165, 1.54) is 6.33 Å². The maximum absolute atomic E-state index is 13.0. The molecule has 1 aliphatic carbocycles. The molecule has 0 radical (unpaired) electrons. The molecule has 1 saturated carbocycles. The molecule has 1 aliphatic heterocycles. The summed E-state index contributed by atoms with van der Waals surface area (Å²) >= 11 is 0. The summed E-state index contributed by atoms with van der Waals surface area (Å²) in [5.41, 5.74) is 3.49. The molecular formula is C20H29N5O2. The molecule has 1 amide bonds. The van der Waals surface area contributed by atoms with Gasteiger partial charge in [0.25, 0.3) is 5.78 Å². The van der Waals surface area contributed by atoms with Crippen LogP contribution in [0.3, 0.4) is 0 Å². The van der Waals surface area contributed by atoms with E-state index >= 15 is 0 Å². The maximum atomic E-state index is 13.0. The standard InChI is InChI=1S/C20H29N5O2/c1-13-15(14(2)25-18(23-13)21-12-22-25)6-7-17(26)24-8-16-19(3,4)9-20(16,10-24)11-27-5/h12,16H,6-11H2,1-5H3/t16-,20-/m1/s1. The number of hydrogen-bond acceptors (Lipinski definition) is 5. The van der Waals surface area contributed by atoms with Gasteiger partial charge >= 0.3 is 0 Å². The number of carbonyl (C=O) groups is 1. The van der Waals surface area contributed by atoms with Crippen molar-refractivity contribution in [1.82, 2.24) is 24.5 Å². The minimum Gasteiger partial charge on any atom is -0.384 e. The lowest BCUT2D eigenvalue weighted by Gasteiger charge is -2.56. The van der Waals surface area contributed by atoms with E-state index in [-0.39, 0.29) is 11.3 Å². The smallest absolute Gasteiger partial charge is 0.252 e.